The van der Waals surface area contributed by atoms with Crippen LogP contribution in [0.5, 0.6) is 11.5 Å². The normalized spacial score (nSPS) is 18.9. The van der Waals surface area contributed by atoms with Crippen LogP contribution < -0.4 is 4.74 Å². The number of nitrogens with zero attached hydrogens (tertiary/aromatic N) is 1. The number of ether oxygens (including phenoxy) is 1. The fourth-order valence-corrected chi connectivity index (χ4v) is 2.65. The van der Waals surface area contributed by atoms with Gasteiger partial charge in [-0.25, -0.2) is 0 Å². The Balaban J connectivity index is 1.78. The molecule has 20 heavy (non-hydrogen) atoms. The summed E-state index contributed by atoms with van der Waals surface area (Å²) in [6.45, 7) is 4.76. The molecule has 2 aromatic rings. The predicted octanol–water partition coefficient (Wildman–Crippen LogP) is 3.18. The van der Waals surface area contributed by atoms with Gasteiger partial charge in [0, 0.05) is 25.2 Å². The lowest BCUT2D eigenvalue weighted by molar-refractivity contribution is 0.156. The van der Waals surface area contributed by atoms with E-state index in [-0.39, 0.29) is 6.10 Å². The molecule has 1 aliphatic heterocycles. The minimum Gasteiger partial charge on any atom is -0.508 e. The molecule has 0 amide bonds. The van der Waals surface area contributed by atoms with Crippen molar-refractivity contribution in [3.05, 3.63) is 59.7 Å². The maximum Gasteiger partial charge on any atom is 0.124 e. The van der Waals surface area contributed by atoms with Gasteiger partial charge in [0.25, 0.3) is 0 Å². The molecule has 0 fully saturated rings. The first-order valence-electron chi connectivity index (χ1n) is 6.95. The molecule has 0 bridgehead atoms. The van der Waals surface area contributed by atoms with E-state index >= 15 is 0 Å². The Kier molecular flexibility index (Phi) is 3.61. The number of fused-ring (bicyclic) bond motifs is 1. The summed E-state index contributed by atoms with van der Waals surface area (Å²) >= 11 is 0. The Morgan fingerprint density at radius 3 is 2.70 bits per heavy atom. The maximum atomic E-state index is 9.35. The van der Waals surface area contributed by atoms with Crippen molar-refractivity contribution in [3.8, 4) is 11.5 Å². The molecule has 0 radical (unpaired) electrons. The molecule has 3 nitrogen and oxygen atoms in total. The molecule has 3 rings (SSSR count). The van der Waals surface area contributed by atoms with Crippen LogP contribution in [-0.2, 0) is 13.1 Å². The summed E-state index contributed by atoms with van der Waals surface area (Å²) in [6, 6.07) is 15.6. The van der Waals surface area contributed by atoms with E-state index in [4.69, 9.17) is 4.74 Å². The summed E-state index contributed by atoms with van der Waals surface area (Å²) in [5, 5.41) is 9.35. The number of rotatable bonds is 2. The molecule has 0 spiro atoms. The van der Waals surface area contributed by atoms with Crippen LogP contribution in [0.2, 0.25) is 0 Å². The first kappa shape index (κ1) is 13.0. The average Bonchev–Trinajstić information content (AvgIpc) is 2.58. The van der Waals surface area contributed by atoms with Crippen LogP contribution in [0, 0.1) is 0 Å². The predicted molar refractivity (Wildman–Crippen MR) is 78.8 cm³/mol. The SMILES string of the molecule is CC1CN(Cc2ccc(O)cc2)Cc2ccccc2O1. The molecule has 1 N–H and O–H groups in total. The molecule has 0 saturated heterocycles. The summed E-state index contributed by atoms with van der Waals surface area (Å²) in [6.07, 6.45) is 0.177. The summed E-state index contributed by atoms with van der Waals surface area (Å²) in [5.41, 5.74) is 2.44. The number of para-hydroxylation sites is 1. The number of benzene rings is 2. The Labute approximate surface area is 119 Å². The summed E-state index contributed by atoms with van der Waals surface area (Å²) in [7, 11) is 0. The molecule has 0 aliphatic carbocycles. The van der Waals surface area contributed by atoms with Crippen LogP contribution >= 0.6 is 0 Å². The van der Waals surface area contributed by atoms with Crippen molar-refractivity contribution < 1.29 is 9.84 Å². The highest BCUT2D eigenvalue weighted by Gasteiger charge is 2.19. The van der Waals surface area contributed by atoms with Crippen LogP contribution in [-0.4, -0.2) is 22.7 Å². The Morgan fingerprint density at radius 1 is 1.15 bits per heavy atom. The number of hydrogen-bond donors (Lipinski definition) is 1. The standard InChI is InChI=1S/C17H19NO2/c1-13-10-18(11-14-6-8-16(19)9-7-14)12-15-4-2-3-5-17(15)20-13/h2-9,13,19H,10-12H2,1H3. The zero-order valence-electron chi connectivity index (χ0n) is 11.6. The van der Waals surface area contributed by atoms with Gasteiger partial charge in [0.1, 0.15) is 17.6 Å². The summed E-state index contributed by atoms with van der Waals surface area (Å²) in [4.78, 5) is 2.38. The van der Waals surface area contributed by atoms with Crippen molar-refractivity contribution in [2.45, 2.75) is 26.1 Å². The molecule has 3 heteroatoms. The Hall–Kier alpha value is -2.00. The van der Waals surface area contributed by atoms with Crippen molar-refractivity contribution in [3.63, 3.8) is 0 Å². The van der Waals surface area contributed by atoms with E-state index in [0.29, 0.717) is 5.75 Å². The van der Waals surface area contributed by atoms with Crippen molar-refractivity contribution in [1.29, 1.82) is 0 Å². The van der Waals surface area contributed by atoms with E-state index in [0.717, 1.165) is 25.4 Å². The zero-order chi connectivity index (χ0) is 13.9. The van der Waals surface area contributed by atoms with E-state index in [2.05, 4.69) is 24.0 Å². The first-order valence-corrected chi connectivity index (χ1v) is 6.95. The Morgan fingerprint density at radius 2 is 1.90 bits per heavy atom. The molecule has 1 unspecified atom stereocenters. The number of phenols is 1. The molecule has 1 aliphatic rings. The van der Waals surface area contributed by atoms with Gasteiger partial charge in [0.15, 0.2) is 0 Å². The van der Waals surface area contributed by atoms with Crippen LogP contribution in [0.4, 0.5) is 0 Å². The van der Waals surface area contributed by atoms with Gasteiger partial charge in [-0.3, -0.25) is 4.90 Å². The smallest absolute Gasteiger partial charge is 0.124 e. The molecule has 0 saturated carbocycles. The monoisotopic (exact) mass is 269 g/mol. The largest absolute Gasteiger partial charge is 0.508 e. The van der Waals surface area contributed by atoms with Gasteiger partial charge in [-0.2, -0.15) is 0 Å². The summed E-state index contributed by atoms with van der Waals surface area (Å²) < 4.78 is 5.96. The van der Waals surface area contributed by atoms with E-state index in [1.807, 2.05) is 24.3 Å². The lowest BCUT2D eigenvalue weighted by Gasteiger charge is -2.21. The van der Waals surface area contributed by atoms with Crippen molar-refractivity contribution >= 4 is 0 Å². The quantitative estimate of drug-likeness (QED) is 0.909. The van der Waals surface area contributed by atoms with Gasteiger partial charge in [-0.15, -0.1) is 0 Å². The molecule has 1 heterocycles. The lowest BCUT2D eigenvalue weighted by atomic mass is 10.1. The van der Waals surface area contributed by atoms with Crippen LogP contribution in [0.15, 0.2) is 48.5 Å². The molecule has 104 valence electrons. The van der Waals surface area contributed by atoms with Gasteiger partial charge in [-0.1, -0.05) is 30.3 Å². The third-order valence-electron chi connectivity index (χ3n) is 3.55. The average molecular weight is 269 g/mol. The van der Waals surface area contributed by atoms with E-state index in [1.165, 1.54) is 11.1 Å². The first-order chi connectivity index (χ1) is 9.70. The van der Waals surface area contributed by atoms with Gasteiger partial charge >= 0.3 is 0 Å². The number of aromatic hydroxyl groups is 1. The zero-order valence-corrected chi connectivity index (χ0v) is 11.6. The van der Waals surface area contributed by atoms with Crippen molar-refractivity contribution in [2.75, 3.05) is 6.54 Å². The Bertz CT molecular complexity index is 580. The second-order valence-corrected chi connectivity index (χ2v) is 5.37. The maximum absolute atomic E-state index is 9.35. The summed E-state index contributed by atoms with van der Waals surface area (Å²) in [5.74, 6) is 1.31. The van der Waals surface area contributed by atoms with Crippen LogP contribution in [0.1, 0.15) is 18.1 Å². The van der Waals surface area contributed by atoms with Crippen LogP contribution in [0.25, 0.3) is 0 Å². The minimum absolute atomic E-state index is 0.177. The van der Waals surface area contributed by atoms with Gasteiger partial charge in [0.2, 0.25) is 0 Å². The highest BCUT2D eigenvalue weighted by atomic mass is 16.5. The van der Waals surface area contributed by atoms with Crippen molar-refractivity contribution in [1.82, 2.24) is 4.90 Å². The second kappa shape index (κ2) is 5.55. The molecule has 1 atom stereocenters. The third kappa shape index (κ3) is 2.94. The number of phenolic OH excluding ortho intramolecular Hbond substituents is 1. The second-order valence-electron chi connectivity index (χ2n) is 5.37. The highest BCUT2D eigenvalue weighted by Crippen LogP contribution is 2.25. The molecular weight excluding hydrogens is 250 g/mol. The molecule has 0 aromatic heterocycles. The van der Waals surface area contributed by atoms with Crippen LogP contribution in [0.3, 0.4) is 0 Å². The van der Waals surface area contributed by atoms with Gasteiger partial charge in [0.05, 0.1) is 0 Å². The molecular formula is C17H19NO2. The fraction of sp³-hybridized carbons (Fsp3) is 0.294. The third-order valence-corrected chi connectivity index (χ3v) is 3.55. The lowest BCUT2D eigenvalue weighted by Crippen LogP contribution is -2.30. The van der Waals surface area contributed by atoms with Gasteiger partial charge < -0.3 is 9.84 Å². The van der Waals surface area contributed by atoms with Gasteiger partial charge in [-0.05, 0) is 30.7 Å². The van der Waals surface area contributed by atoms with E-state index < -0.39 is 0 Å². The fourth-order valence-electron chi connectivity index (χ4n) is 2.65. The van der Waals surface area contributed by atoms with E-state index in [9.17, 15) is 5.11 Å². The number of hydrogen-bond acceptors (Lipinski definition) is 3. The highest BCUT2D eigenvalue weighted by molar-refractivity contribution is 5.34. The van der Waals surface area contributed by atoms with Crippen molar-refractivity contribution in [2.24, 2.45) is 0 Å². The topological polar surface area (TPSA) is 32.7 Å². The minimum atomic E-state index is 0.177. The molecule has 2 aromatic carbocycles. The van der Waals surface area contributed by atoms with E-state index in [1.54, 1.807) is 12.1 Å².